The summed E-state index contributed by atoms with van der Waals surface area (Å²) in [6.45, 7) is 3.75. The van der Waals surface area contributed by atoms with Crippen molar-refractivity contribution in [2.24, 2.45) is 0 Å². The van der Waals surface area contributed by atoms with Crippen molar-refractivity contribution >= 4 is 34.8 Å². The van der Waals surface area contributed by atoms with E-state index >= 15 is 0 Å². The number of nitrogens with one attached hydrogen (secondary N) is 4. The molecule has 0 aliphatic carbocycles. The van der Waals surface area contributed by atoms with E-state index in [0.29, 0.717) is 17.1 Å². The topological polar surface area (TPSA) is 98.9 Å². The smallest absolute Gasteiger partial charge is 0.319 e. The quantitative estimate of drug-likeness (QED) is 0.548. The number of anilines is 2. The summed E-state index contributed by atoms with van der Waals surface area (Å²) >= 11 is 1.59. The van der Waals surface area contributed by atoms with Crippen molar-refractivity contribution in [2.75, 3.05) is 10.6 Å². The number of aromatic amines is 1. The van der Waals surface area contributed by atoms with Crippen LogP contribution in [0.4, 0.5) is 16.3 Å². The zero-order valence-electron chi connectivity index (χ0n) is 14.4. The number of nitrogens with zero attached hydrogens (tertiary/aromatic N) is 1. The lowest BCUT2D eigenvalue weighted by molar-refractivity contribution is 0.102. The van der Waals surface area contributed by atoms with Gasteiger partial charge in [-0.15, -0.1) is 11.3 Å². The molecule has 0 aliphatic rings. The number of H-pyrrole nitrogens is 1. The summed E-state index contributed by atoms with van der Waals surface area (Å²) in [4.78, 5) is 25.3. The molecule has 8 heteroatoms. The molecule has 4 N–H and O–H groups in total. The van der Waals surface area contributed by atoms with Crippen molar-refractivity contribution in [3.05, 3.63) is 53.4 Å². The van der Waals surface area contributed by atoms with E-state index < -0.39 is 0 Å². The van der Waals surface area contributed by atoms with Crippen LogP contribution < -0.4 is 16.0 Å². The molecule has 0 aliphatic heterocycles. The van der Waals surface area contributed by atoms with Crippen molar-refractivity contribution in [3.63, 3.8) is 0 Å². The maximum atomic E-state index is 12.4. The van der Waals surface area contributed by atoms with Gasteiger partial charge in [0.1, 0.15) is 0 Å². The van der Waals surface area contributed by atoms with Crippen molar-refractivity contribution < 1.29 is 9.59 Å². The first kappa shape index (κ1) is 17.7. The van der Waals surface area contributed by atoms with Gasteiger partial charge in [-0.3, -0.25) is 9.89 Å². The molecular formula is C18H19N5O2S. The molecule has 0 bridgehead atoms. The fourth-order valence-electron chi connectivity index (χ4n) is 2.30. The van der Waals surface area contributed by atoms with Crippen LogP contribution in [0.2, 0.25) is 0 Å². The minimum absolute atomic E-state index is 0.0266. The monoisotopic (exact) mass is 369 g/mol. The van der Waals surface area contributed by atoms with E-state index in [0.717, 1.165) is 10.6 Å². The van der Waals surface area contributed by atoms with Gasteiger partial charge in [-0.05, 0) is 43.5 Å². The molecule has 0 atom stereocenters. The van der Waals surface area contributed by atoms with Gasteiger partial charge in [-0.25, -0.2) is 4.79 Å². The van der Waals surface area contributed by atoms with Gasteiger partial charge < -0.3 is 16.0 Å². The first-order valence-electron chi connectivity index (χ1n) is 8.09. The molecule has 0 saturated heterocycles. The Morgan fingerprint density at radius 3 is 2.69 bits per heavy atom. The molecule has 0 unspecified atom stereocenters. The van der Waals surface area contributed by atoms with E-state index in [1.807, 2.05) is 31.4 Å². The SMILES string of the molecule is CC(C)NC(=O)Nc1cccc(C(=O)Nc2cc(-c3cccs3)[nH]n2)c1. The highest BCUT2D eigenvalue weighted by atomic mass is 32.1. The Bertz CT molecular complexity index is 902. The van der Waals surface area contributed by atoms with Crippen LogP contribution in [-0.2, 0) is 0 Å². The predicted octanol–water partition coefficient (Wildman–Crippen LogP) is 3.92. The van der Waals surface area contributed by atoms with E-state index in [-0.39, 0.29) is 18.0 Å². The third-order valence-electron chi connectivity index (χ3n) is 3.41. The number of urea groups is 1. The number of benzene rings is 1. The fraction of sp³-hybridized carbons (Fsp3) is 0.167. The van der Waals surface area contributed by atoms with Crippen LogP contribution in [-0.4, -0.2) is 28.2 Å². The highest BCUT2D eigenvalue weighted by Gasteiger charge is 2.11. The molecule has 0 radical (unpaired) electrons. The van der Waals surface area contributed by atoms with E-state index in [1.165, 1.54) is 0 Å². The molecule has 26 heavy (non-hydrogen) atoms. The Morgan fingerprint density at radius 2 is 1.96 bits per heavy atom. The van der Waals surface area contributed by atoms with Crippen LogP contribution in [0.3, 0.4) is 0 Å². The number of hydrogen-bond donors (Lipinski definition) is 4. The standard InChI is InChI=1S/C18H19N5O2S/c1-11(2)19-18(25)20-13-6-3-5-12(9-13)17(24)21-16-10-14(22-23-16)15-7-4-8-26-15/h3-11H,1-2H3,(H2,19,20,25)(H2,21,22,23,24). The summed E-state index contributed by atoms with van der Waals surface area (Å²) in [6.07, 6.45) is 0. The summed E-state index contributed by atoms with van der Waals surface area (Å²) in [5.41, 5.74) is 1.81. The number of hydrogen-bond acceptors (Lipinski definition) is 4. The molecule has 3 amide bonds. The van der Waals surface area contributed by atoms with E-state index in [4.69, 9.17) is 0 Å². The molecular weight excluding hydrogens is 350 g/mol. The Morgan fingerprint density at radius 1 is 1.12 bits per heavy atom. The number of aromatic nitrogens is 2. The van der Waals surface area contributed by atoms with Crippen molar-refractivity contribution in [1.29, 1.82) is 0 Å². The van der Waals surface area contributed by atoms with Gasteiger partial charge in [0.2, 0.25) is 0 Å². The van der Waals surface area contributed by atoms with Gasteiger partial charge in [0, 0.05) is 23.4 Å². The normalized spacial score (nSPS) is 10.6. The van der Waals surface area contributed by atoms with Gasteiger partial charge in [-0.1, -0.05) is 12.1 Å². The third kappa shape index (κ3) is 4.48. The molecule has 0 saturated carbocycles. The molecule has 3 rings (SSSR count). The molecule has 2 heterocycles. The average molecular weight is 369 g/mol. The Balaban J connectivity index is 1.66. The second kappa shape index (κ2) is 7.83. The maximum absolute atomic E-state index is 12.4. The fourth-order valence-corrected chi connectivity index (χ4v) is 2.99. The van der Waals surface area contributed by atoms with Crippen LogP contribution in [0.1, 0.15) is 24.2 Å². The lowest BCUT2D eigenvalue weighted by Gasteiger charge is -2.11. The zero-order chi connectivity index (χ0) is 18.5. The highest BCUT2D eigenvalue weighted by Crippen LogP contribution is 2.24. The van der Waals surface area contributed by atoms with Gasteiger partial charge >= 0.3 is 6.03 Å². The maximum Gasteiger partial charge on any atom is 0.319 e. The summed E-state index contributed by atoms with van der Waals surface area (Å²) in [7, 11) is 0. The highest BCUT2D eigenvalue weighted by molar-refractivity contribution is 7.13. The average Bonchev–Trinajstić information content (AvgIpc) is 3.25. The zero-order valence-corrected chi connectivity index (χ0v) is 15.2. The molecule has 0 fully saturated rings. The van der Waals surface area contributed by atoms with Gasteiger partial charge in [0.15, 0.2) is 5.82 Å². The minimum Gasteiger partial charge on any atom is -0.336 e. The summed E-state index contributed by atoms with van der Waals surface area (Å²) in [5, 5.41) is 17.2. The van der Waals surface area contributed by atoms with Gasteiger partial charge in [-0.2, -0.15) is 5.10 Å². The van der Waals surface area contributed by atoms with E-state index in [2.05, 4.69) is 26.1 Å². The summed E-state index contributed by atoms with van der Waals surface area (Å²) in [5.74, 6) is 0.136. The van der Waals surface area contributed by atoms with Crippen LogP contribution in [0.25, 0.3) is 10.6 Å². The number of carbonyl (C=O) groups excluding carboxylic acids is 2. The van der Waals surface area contributed by atoms with Crippen LogP contribution >= 0.6 is 11.3 Å². The van der Waals surface area contributed by atoms with Crippen molar-refractivity contribution in [2.45, 2.75) is 19.9 Å². The van der Waals surface area contributed by atoms with Crippen LogP contribution in [0, 0.1) is 0 Å². The van der Waals surface area contributed by atoms with E-state index in [9.17, 15) is 9.59 Å². The lowest BCUT2D eigenvalue weighted by atomic mass is 10.2. The molecule has 134 valence electrons. The number of carbonyl (C=O) groups is 2. The first-order chi connectivity index (χ1) is 12.5. The van der Waals surface area contributed by atoms with E-state index in [1.54, 1.807) is 41.7 Å². The second-order valence-corrected chi connectivity index (χ2v) is 6.88. The van der Waals surface area contributed by atoms with Crippen molar-refractivity contribution in [1.82, 2.24) is 15.5 Å². The molecule has 1 aromatic carbocycles. The predicted molar refractivity (Wildman–Crippen MR) is 104 cm³/mol. The Kier molecular flexibility index (Phi) is 5.33. The molecule has 7 nitrogen and oxygen atoms in total. The van der Waals surface area contributed by atoms with Crippen LogP contribution in [0.5, 0.6) is 0 Å². The Labute approximate surface area is 154 Å². The lowest BCUT2D eigenvalue weighted by Crippen LogP contribution is -2.34. The minimum atomic E-state index is -0.314. The second-order valence-electron chi connectivity index (χ2n) is 5.93. The number of thiophene rings is 1. The molecule has 2 aromatic heterocycles. The number of amides is 3. The molecule has 0 spiro atoms. The van der Waals surface area contributed by atoms with Gasteiger partial charge in [0.05, 0.1) is 10.6 Å². The largest absolute Gasteiger partial charge is 0.336 e. The van der Waals surface area contributed by atoms with Crippen LogP contribution in [0.15, 0.2) is 47.8 Å². The molecule has 3 aromatic rings. The van der Waals surface area contributed by atoms with Gasteiger partial charge in [0.25, 0.3) is 5.91 Å². The summed E-state index contributed by atoms with van der Waals surface area (Å²) < 4.78 is 0. The number of rotatable bonds is 5. The van der Waals surface area contributed by atoms with Crippen molar-refractivity contribution in [3.8, 4) is 10.6 Å². The first-order valence-corrected chi connectivity index (χ1v) is 8.97. The summed E-state index contributed by atoms with van der Waals surface area (Å²) in [6, 6.07) is 12.1. The Hall–Kier alpha value is -3.13. The third-order valence-corrected chi connectivity index (χ3v) is 4.31.